The van der Waals surface area contributed by atoms with Gasteiger partial charge >= 0.3 is 0 Å². The maximum atomic E-state index is 13.1. The third-order valence-corrected chi connectivity index (χ3v) is 5.13. The van der Waals surface area contributed by atoms with Crippen molar-refractivity contribution >= 4 is 23.2 Å². The number of fused-ring (bicyclic) bond motifs is 1. The van der Waals surface area contributed by atoms with Gasteiger partial charge in [0.25, 0.3) is 5.89 Å². The second-order valence-electron chi connectivity index (χ2n) is 6.53. The molecule has 0 saturated heterocycles. The highest BCUT2D eigenvalue weighted by molar-refractivity contribution is 6.36. The number of hydrogen-bond donors (Lipinski definition) is 2. The Labute approximate surface area is 163 Å². The fourth-order valence-corrected chi connectivity index (χ4v) is 3.54. The van der Waals surface area contributed by atoms with E-state index in [-0.39, 0.29) is 58.0 Å². The van der Waals surface area contributed by atoms with Crippen molar-refractivity contribution in [2.45, 2.75) is 31.5 Å². The summed E-state index contributed by atoms with van der Waals surface area (Å²) in [6.07, 6.45) is 0.0541. The van der Waals surface area contributed by atoms with Crippen molar-refractivity contribution in [3.8, 4) is 23.0 Å². The second kappa shape index (κ2) is 6.32. The average molecular weight is 407 g/mol. The molecule has 2 heterocycles. The molecule has 1 aliphatic carbocycles. The number of rotatable bonds is 3. The van der Waals surface area contributed by atoms with E-state index in [9.17, 15) is 19.8 Å². The van der Waals surface area contributed by atoms with E-state index in [1.54, 1.807) is 0 Å². The minimum absolute atomic E-state index is 0.00224. The van der Waals surface area contributed by atoms with Crippen molar-refractivity contribution in [3.63, 3.8) is 0 Å². The maximum Gasteiger partial charge on any atom is 0.259 e. The molecule has 2 N–H and O–H groups in total. The first-order chi connectivity index (χ1) is 13.3. The molecule has 4 rings (SSSR count). The number of halogens is 1. The molecule has 2 aromatic rings. The Kier molecular flexibility index (Phi) is 4.16. The Morgan fingerprint density at radius 1 is 1.39 bits per heavy atom. The molecule has 0 radical (unpaired) electrons. The van der Waals surface area contributed by atoms with Crippen LogP contribution >= 0.6 is 11.6 Å². The van der Waals surface area contributed by atoms with E-state index in [2.05, 4.69) is 10.1 Å². The zero-order valence-electron chi connectivity index (χ0n) is 14.9. The number of Topliss-reactive ketones (excluding diaryl/α,β-unsaturated/α-hetero) is 1. The Morgan fingerprint density at radius 3 is 2.75 bits per heavy atom. The average Bonchev–Trinajstić information content (AvgIpc) is 3.25. The van der Waals surface area contributed by atoms with Gasteiger partial charge < -0.3 is 24.2 Å². The zero-order chi connectivity index (χ0) is 20.2. The first-order valence-corrected chi connectivity index (χ1v) is 8.76. The lowest BCUT2D eigenvalue weighted by Gasteiger charge is -2.28. The minimum Gasteiger partial charge on any atom is -0.507 e. The highest BCUT2D eigenvalue weighted by Gasteiger charge is 2.55. The third-order valence-electron chi connectivity index (χ3n) is 4.76. The number of allylic oxidation sites excluding steroid dienone is 1. The summed E-state index contributed by atoms with van der Waals surface area (Å²) < 4.78 is 16.3. The van der Waals surface area contributed by atoms with Gasteiger partial charge in [0, 0.05) is 18.9 Å². The number of methoxy groups -OCH3 is 1. The molecule has 28 heavy (non-hydrogen) atoms. The van der Waals surface area contributed by atoms with E-state index < -0.39 is 23.2 Å². The number of hydrogen-bond acceptors (Lipinski definition) is 9. The van der Waals surface area contributed by atoms with E-state index in [1.807, 2.05) is 0 Å². The molecule has 0 fully saturated rings. The number of aromatic nitrogens is 2. The SMILES string of the molecule is COc1cc(-c2nc(C(C)O)no2)c(Cl)c2c1C(=O)[C@@]1(CCC(=O)C=C1O)O2. The van der Waals surface area contributed by atoms with Gasteiger partial charge in [-0.1, -0.05) is 16.8 Å². The molecule has 1 spiro atoms. The Hall–Kier alpha value is -2.91. The number of ketones is 2. The molecule has 2 aliphatic rings. The third kappa shape index (κ3) is 2.50. The molecule has 1 aromatic heterocycles. The number of carbonyl (C=O) groups excluding carboxylic acids is 2. The van der Waals surface area contributed by atoms with E-state index >= 15 is 0 Å². The van der Waals surface area contributed by atoms with Crippen molar-refractivity contribution in [2.75, 3.05) is 7.11 Å². The lowest BCUT2D eigenvalue weighted by atomic mass is 9.83. The molecular formula is C18H15ClN2O7. The fourth-order valence-electron chi connectivity index (χ4n) is 3.28. The molecule has 1 aliphatic heterocycles. The van der Waals surface area contributed by atoms with Crippen LogP contribution in [0.2, 0.25) is 5.02 Å². The second-order valence-corrected chi connectivity index (χ2v) is 6.91. The Balaban J connectivity index is 1.88. The van der Waals surface area contributed by atoms with E-state index in [4.69, 9.17) is 25.6 Å². The molecule has 146 valence electrons. The molecule has 9 nitrogen and oxygen atoms in total. The van der Waals surface area contributed by atoms with Crippen LogP contribution in [0.3, 0.4) is 0 Å². The number of aliphatic hydroxyl groups excluding tert-OH is 2. The van der Waals surface area contributed by atoms with Crippen molar-refractivity contribution in [1.82, 2.24) is 10.1 Å². The van der Waals surface area contributed by atoms with E-state index in [1.165, 1.54) is 20.1 Å². The van der Waals surface area contributed by atoms with Gasteiger partial charge in [-0.2, -0.15) is 4.98 Å². The number of ether oxygens (including phenoxy) is 2. The number of aliphatic hydroxyl groups is 2. The molecule has 2 atom stereocenters. The van der Waals surface area contributed by atoms with Gasteiger partial charge in [0.2, 0.25) is 11.4 Å². The van der Waals surface area contributed by atoms with Gasteiger partial charge in [-0.05, 0) is 13.0 Å². The summed E-state index contributed by atoms with van der Waals surface area (Å²) in [5, 5.41) is 23.6. The van der Waals surface area contributed by atoms with Crippen LogP contribution in [0.1, 0.15) is 42.1 Å². The Bertz CT molecular complexity index is 1040. The summed E-state index contributed by atoms with van der Waals surface area (Å²) in [6.45, 7) is 1.48. The molecule has 1 aromatic carbocycles. The summed E-state index contributed by atoms with van der Waals surface area (Å²) >= 11 is 6.46. The monoisotopic (exact) mass is 406 g/mol. The lowest BCUT2D eigenvalue weighted by Crippen LogP contribution is -2.45. The van der Waals surface area contributed by atoms with Crippen molar-refractivity contribution < 1.29 is 33.8 Å². The van der Waals surface area contributed by atoms with Gasteiger partial charge in [-0.25, -0.2) is 0 Å². The topological polar surface area (TPSA) is 132 Å². The van der Waals surface area contributed by atoms with Crippen LogP contribution in [0.15, 0.2) is 22.4 Å². The maximum absolute atomic E-state index is 13.1. The molecule has 0 bridgehead atoms. The number of nitrogens with zero attached hydrogens (tertiary/aromatic N) is 2. The summed E-state index contributed by atoms with van der Waals surface area (Å²) in [5.41, 5.74) is -1.43. The lowest BCUT2D eigenvalue weighted by molar-refractivity contribution is -0.116. The van der Waals surface area contributed by atoms with Crippen LogP contribution < -0.4 is 9.47 Å². The van der Waals surface area contributed by atoms with Gasteiger partial charge in [-0.3, -0.25) is 9.59 Å². The van der Waals surface area contributed by atoms with E-state index in [0.717, 1.165) is 6.08 Å². The van der Waals surface area contributed by atoms with Crippen LogP contribution in [0.25, 0.3) is 11.5 Å². The minimum atomic E-state index is -1.72. The number of carbonyl (C=O) groups is 2. The standard InChI is InChI=1S/C18H15ClN2O7/c1-7(22)16-20-17(28-21-16)9-6-10(26-2)12-14(13(9)19)27-18(15(12)25)4-3-8(23)5-11(18)24/h5-7,22,24H,3-4H2,1-2H3/t7?,18-/m0/s1. The van der Waals surface area contributed by atoms with Gasteiger partial charge in [-0.15, -0.1) is 0 Å². The first kappa shape index (κ1) is 18.5. The van der Waals surface area contributed by atoms with Crippen LogP contribution in [0.4, 0.5) is 0 Å². The van der Waals surface area contributed by atoms with Gasteiger partial charge in [0.1, 0.15) is 23.2 Å². The number of benzene rings is 1. The summed E-state index contributed by atoms with van der Waals surface area (Å²) in [7, 11) is 1.36. The predicted octanol–water partition coefficient (Wildman–Crippen LogP) is 2.57. The first-order valence-electron chi connectivity index (χ1n) is 8.39. The van der Waals surface area contributed by atoms with Crippen LogP contribution in [-0.2, 0) is 4.79 Å². The zero-order valence-corrected chi connectivity index (χ0v) is 15.6. The molecule has 0 saturated carbocycles. The molecule has 10 heteroatoms. The normalized spacial score (nSPS) is 22.1. The van der Waals surface area contributed by atoms with E-state index in [0.29, 0.717) is 0 Å². The molecular weight excluding hydrogens is 392 g/mol. The largest absolute Gasteiger partial charge is 0.507 e. The summed E-state index contributed by atoms with van der Waals surface area (Å²) in [6, 6.07) is 1.44. The summed E-state index contributed by atoms with van der Waals surface area (Å²) in [4.78, 5) is 28.8. The smallest absolute Gasteiger partial charge is 0.259 e. The molecule has 0 amide bonds. The van der Waals surface area contributed by atoms with Gasteiger partial charge in [0.05, 0.1) is 17.7 Å². The summed E-state index contributed by atoms with van der Waals surface area (Å²) in [5.74, 6) is -1.14. The fraction of sp³-hybridized carbons (Fsp3) is 0.333. The van der Waals surface area contributed by atoms with Crippen molar-refractivity contribution in [3.05, 3.63) is 34.3 Å². The highest BCUT2D eigenvalue weighted by Crippen LogP contribution is 2.52. The van der Waals surface area contributed by atoms with Gasteiger partial charge in [0.15, 0.2) is 17.4 Å². The highest BCUT2D eigenvalue weighted by atomic mass is 35.5. The van der Waals surface area contributed by atoms with Crippen molar-refractivity contribution in [1.29, 1.82) is 0 Å². The predicted molar refractivity (Wildman–Crippen MR) is 94.6 cm³/mol. The molecule has 1 unspecified atom stereocenters. The van der Waals surface area contributed by atoms with Crippen LogP contribution in [0.5, 0.6) is 11.5 Å². The quantitative estimate of drug-likeness (QED) is 0.788. The van der Waals surface area contributed by atoms with Crippen LogP contribution in [0, 0.1) is 0 Å². The van der Waals surface area contributed by atoms with Crippen molar-refractivity contribution in [2.24, 2.45) is 0 Å². The van der Waals surface area contributed by atoms with Crippen LogP contribution in [-0.4, -0.2) is 44.6 Å². The Morgan fingerprint density at radius 2 is 2.14 bits per heavy atom.